The second kappa shape index (κ2) is 6.19. The molecule has 0 bridgehead atoms. The molecule has 0 amide bonds. The number of aliphatic hydroxyl groups is 1. The summed E-state index contributed by atoms with van der Waals surface area (Å²) < 4.78 is 0. The average molecular weight is 241 g/mol. The minimum atomic E-state index is -0.448. The molecule has 102 valence electrons. The van der Waals surface area contributed by atoms with E-state index in [0.29, 0.717) is 11.5 Å². The standard InChI is InChI=1S/C15H31NO/c1-5-7-13(6-2)16-12-15(17)10-8-14(3,4)9-11-15/h13,16-17H,5-12H2,1-4H3. The number of hydrogen-bond donors (Lipinski definition) is 2. The summed E-state index contributed by atoms with van der Waals surface area (Å²) in [4.78, 5) is 0. The lowest BCUT2D eigenvalue weighted by atomic mass is 9.71. The van der Waals surface area contributed by atoms with Crippen molar-refractivity contribution < 1.29 is 5.11 Å². The average Bonchev–Trinajstić information content (AvgIpc) is 2.29. The van der Waals surface area contributed by atoms with Crippen molar-refractivity contribution in [3.8, 4) is 0 Å². The van der Waals surface area contributed by atoms with Crippen LogP contribution in [0.5, 0.6) is 0 Å². The lowest BCUT2D eigenvalue weighted by molar-refractivity contribution is -0.0263. The van der Waals surface area contributed by atoms with Gasteiger partial charge < -0.3 is 10.4 Å². The largest absolute Gasteiger partial charge is 0.389 e. The van der Waals surface area contributed by atoms with Crippen LogP contribution in [0.15, 0.2) is 0 Å². The highest BCUT2D eigenvalue weighted by atomic mass is 16.3. The molecule has 0 radical (unpaired) electrons. The first kappa shape index (κ1) is 15.0. The number of hydrogen-bond acceptors (Lipinski definition) is 2. The van der Waals surface area contributed by atoms with Crippen LogP contribution >= 0.6 is 0 Å². The molecule has 1 atom stereocenters. The molecule has 1 rings (SSSR count). The van der Waals surface area contributed by atoms with Gasteiger partial charge in [-0.25, -0.2) is 0 Å². The summed E-state index contributed by atoms with van der Waals surface area (Å²) in [7, 11) is 0. The van der Waals surface area contributed by atoms with E-state index in [1.807, 2.05) is 0 Å². The lowest BCUT2D eigenvalue weighted by Gasteiger charge is -2.41. The van der Waals surface area contributed by atoms with Gasteiger partial charge in [-0.1, -0.05) is 34.1 Å². The molecule has 0 saturated heterocycles. The van der Waals surface area contributed by atoms with Crippen LogP contribution in [0.4, 0.5) is 0 Å². The van der Waals surface area contributed by atoms with E-state index in [1.165, 1.54) is 12.8 Å². The molecule has 0 aromatic rings. The number of nitrogens with one attached hydrogen (secondary N) is 1. The maximum atomic E-state index is 10.6. The summed E-state index contributed by atoms with van der Waals surface area (Å²) in [5, 5.41) is 14.1. The van der Waals surface area contributed by atoms with Gasteiger partial charge in [0.1, 0.15) is 0 Å². The molecule has 0 aromatic carbocycles. The van der Waals surface area contributed by atoms with Crippen molar-refractivity contribution in [2.24, 2.45) is 5.41 Å². The second-order valence-corrected chi connectivity index (χ2v) is 6.66. The van der Waals surface area contributed by atoms with Crippen molar-refractivity contribution in [1.82, 2.24) is 5.32 Å². The summed E-state index contributed by atoms with van der Waals surface area (Å²) in [6.07, 6.45) is 7.81. The van der Waals surface area contributed by atoms with Gasteiger partial charge in [-0.05, 0) is 43.9 Å². The molecule has 1 aliphatic carbocycles. The highest BCUT2D eigenvalue weighted by Crippen LogP contribution is 2.39. The van der Waals surface area contributed by atoms with Crippen molar-refractivity contribution >= 4 is 0 Å². The van der Waals surface area contributed by atoms with E-state index >= 15 is 0 Å². The zero-order chi connectivity index (χ0) is 12.9. The fraction of sp³-hybridized carbons (Fsp3) is 1.00. The third-order valence-corrected chi connectivity index (χ3v) is 4.38. The topological polar surface area (TPSA) is 32.3 Å². The van der Waals surface area contributed by atoms with Crippen LogP contribution in [0.25, 0.3) is 0 Å². The summed E-state index contributed by atoms with van der Waals surface area (Å²) in [5.74, 6) is 0. The highest BCUT2D eigenvalue weighted by Gasteiger charge is 2.36. The van der Waals surface area contributed by atoms with Crippen LogP contribution < -0.4 is 5.32 Å². The third kappa shape index (κ3) is 4.97. The Bertz CT molecular complexity index is 215. The van der Waals surface area contributed by atoms with E-state index in [1.54, 1.807) is 0 Å². The molecule has 0 aliphatic heterocycles. The predicted octanol–water partition coefficient (Wildman–Crippen LogP) is 3.49. The van der Waals surface area contributed by atoms with E-state index in [4.69, 9.17) is 0 Å². The number of rotatable bonds is 6. The molecule has 1 saturated carbocycles. The Labute approximate surface area is 107 Å². The van der Waals surface area contributed by atoms with Gasteiger partial charge in [0, 0.05) is 12.6 Å². The molecular formula is C15H31NO. The smallest absolute Gasteiger partial charge is 0.0772 e. The van der Waals surface area contributed by atoms with Crippen molar-refractivity contribution in [3.63, 3.8) is 0 Å². The van der Waals surface area contributed by atoms with E-state index in [-0.39, 0.29) is 0 Å². The molecule has 17 heavy (non-hydrogen) atoms. The Morgan fingerprint density at radius 1 is 1.12 bits per heavy atom. The molecule has 1 unspecified atom stereocenters. The molecule has 2 nitrogen and oxygen atoms in total. The Morgan fingerprint density at radius 2 is 1.71 bits per heavy atom. The molecule has 1 aliphatic rings. The Hall–Kier alpha value is -0.0800. The van der Waals surface area contributed by atoms with Crippen molar-refractivity contribution in [1.29, 1.82) is 0 Å². The second-order valence-electron chi connectivity index (χ2n) is 6.66. The lowest BCUT2D eigenvalue weighted by Crippen LogP contribution is -2.47. The summed E-state index contributed by atoms with van der Waals surface area (Å²) in [6, 6.07) is 0.582. The Morgan fingerprint density at radius 3 is 2.18 bits per heavy atom. The monoisotopic (exact) mass is 241 g/mol. The zero-order valence-corrected chi connectivity index (χ0v) is 12.2. The molecule has 1 fully saturated rings. The Kier molecular flexibility index (Phi) is 5.46. The molecule has 0 heterocycles. The highest BCUT2D eigenvalue weighted by molar-refractivity contribution is 4.91. The quantitative estimate of drug-likeness (QED) is 0.746. The van der Waals surface area contributed by atoms with Gasteiger partial charge in [-0.15, -0.1) is 0 Å². The van der Waals surface area contributed by atoms with Gasteiger partial charge in [-0.2, -0.15) is 0 Å². The summed E-state index contributed by atoms with van der Waals surface area (Å²) in [5.41, 5.74) is -0.0174. The maximum Gasteiger partial charge on any atom is 0.0772 e. The SMILES string of the molecule is CCCC(CC)NCC1(O)CCC(C)(C)CC1. The normalized spacial score (nSPS) is 24.5. The van der Waals surface area contributed by atoms with Crippen LogP contribution in [-0.4, -0.2) is 23.3 Å². The van der Waals surface area contributed by atoms with Crippen LogP contribution in [0, 0.1) is 5.41 Å². The van der Waals surface area contributed by atoms with Gasteiger partial charge in [-0.3, -0.25) is 0 Å². The minimum Gasteiger partial charge on any atom is -0.389 e. The van der Waals surface area contributed by atoms with Gasteiger partial charge in [0.05, 0.1) is 5.60 Å². The zero-order valence-electron chi connectivity index (χ0n) is 12.2. The molecule has 0 aromatic heterocycles. The van der Waals surface area contributed by atoms with Gasteiger partial charge in [0.2, 0.25) is 0 Å². The van der Waals surface area contributed by atoms with E-state index < -0.39 is 5.60 Å². The van der Waals surface area contributed by atoms with E-state index in [2.05, 4.69) is 33.0 Å². The Balaban J connectivity index is 2.35. The fourth-order valence-electron chi connectivity index (χ4n) is 2.70. The van der Waals surface area contributed by atoms with E-state index in [9.17, 15) is 5.11 Å². The van der Waals surface area contributed by atoms with Gasteiger partial charge >= 0.3 is 0 Å². The first-order chi connectivity index (χ1) is 7.91. The first-order valence-electron chi connectivity index (χ1n) is 7.36. The van der Waals surface area contributed by atoms with Crippen molar-refractivity contribution in [2.45, 2.75) is 84.3 Å². The molecular weight excluding hydrogens is 210 g/mol. The summed E-state index contributed by atoms with van der Waals surface area (Å²) >= 11 is 0. The van der Waals surface area contributed by atoms with E-state index in [0.717, 1.165) is 38.6 Å². The maximum absolute atomic E-state index is 10.6. The predicted molar refractivity (Wildman–Crippen MR) is 74.2 cm³/mol. The summed E-state index contributed by atoms with van der Waals surface area (Å²) in [6.45, 7) is 9.85. The first-order valence-corrected chi connectivity index (χ1v) is 7.36. The van der Waals surface area contributed by atoms with Crippen molar-refractivity contribution in [2.75, 3.05) is 6.54 Å². The van der Waals surface area contributed by atoms with Gasteiger partial charge in [0.15, 0.2) is 0 Å². The van der Waals surface area contributed by atoms with Crippen molar-refractivity contribution in [3.05, 3.63) is 0 Å². The molecule has 0 spiro atoms. The minimum absolute atomic E-state index is 0.430. The van der Waals surface area contributed by atoms with Gasteiger partial charge in [0.25, 0.3) is 0 Å². The van der Waals surface area contributed by atoms with Crippen LogP contribution in [0.2, 0.25) is 0 Å². The van der Waals surface area contributed by atoms with Crippen LogP contribution in [0.3, 0.4) is 0 Å². The van der Waals surface area contributed by atoms with Crippen LogP contribution in [-0.2, 0) is 0 Å². The third-order valence-electron chi connectivity index (χ3n) is 4.38. The molecule has 2 heteroatoms. The fourth-order valence-corrected chi connectivity index (χ4v) is 2.70. The van der Waals surface area contributed by atoms with Crippen LogP contribution in [0.1, 0.15) is 72.6 Å². The molecule has 2 N–H and O–H groups in total.